The molecule has 1 aromatic rings. The van der Waals surface area contributed by atoms with Crippen LogP contribution in [-0.2, 0) is 0 Å². The van der Waals surface area contributed by atoms with Crippen LogP contribution in [-0.4, -0.2) is 20.1 Å². The van der Waals surface area contributed by atoms with Gasteiger partial charge >= 0.3 is 0 Å². The van der Waals surface area contributed by atoms with Crippen molar-refractivity contribution in [2.45, 2.75) is 27.7 Å². The molecule has 0 aliphatic carbocycles. The molecule has 0 radical (unpaired) electrons. The summed E-state index contributed by atoms with van der Waals surface area (Å²) in [6.45, 7) is 7.88. The van der Waals surface area contributed by atoms with Crippen molar-refractivity contribution in [1.82, 2.24) is 0 Å². The number of hydrogen-bond donors (Lipinski definition) is 0. The highest BCUT2D eigenvalue weighted by atomic mass is 16.5. The van der Waals surface area contributed by atoms with Crippen molar-refractivity contribution in [1.29, 1.82) is 0 Å². The van der Waals surface area contributed by atoms with Crippen LogP contribution in [0.5, 0.6) is 11.5 Å². The second-order valence-corrected chi connectivity index (χ2v) is 3.25. The normalized spacial score (nSPS) is 10.9. The lowest BCUT2D eigenvalue weighted by Crippen LogP contribution is -2.06. The topological polar surface area (TPSA) is 30.8 Å². The first-order chi connectivity index (χ1) is 8.72. The Bertz CT molecular complexity index is 409. The van der Waals surface area contributed by atoms with Crippen molar-refractivity contribution in [3.63, 3.8) is 0 Å². The molecule has 18 heavy (non-hydrogen) atoms. The summed E-state index contributed by atoms with van der Waals surface area (Å²) in [4.78, 5) is 4.04. The van der Waals surface area contributed by atoms with Gasteiger partial charge < -0.3 is 9.47 Å². The first kappa shape index (κ1) is 16.2. The summed E-state index contributed by atoms with van der Waals surface area (Å²) in [5, 5.41) is 0. The summed E-state index contributed by atoms with van der Waals surface area (Å²) in [5.74, 6) is 2.16. The van der Waals surface area contributed by atoms with Gasteiger partial charge in [0.05, 0.1) is 7.11 Å². The fraction of sp³-hybridized carbons (Fsp3) is 0.400. The maximum Gasteiger partial charge on any atom is 0.214 e. The average molecular weight is 249 g/mol. The van der Waals surface area contributed by atoms with Crippen LogP contribution < -0.4 is 9.47 Å². The molecule has 0 aromatic heterocycles. The van der Waals surface area contributed by atoms with E-state index in [0.717, 1.165) is 17.1 Å². The number of hydrogen-bond acceptors (Lipinski definition) is 3. The highest BCUT2D eigenvalue weighted by Crippen LogP contribution is 2.27. The SMILES string of the molecule is C/C=C\C(=NC)Oc1cccc(OC)c1C.CC. The smallest absolute Gasteiger partial charge is 0.214 e. The Morgan fingerprint density at radius 2 is 1.83 bits per heavy atom. The zero-order valence-corrected chi connectivity index (χ0v) is 12.2. The van der Waals surface area contributed by atoms with Crippen LogP contribution >= 0.6 is 0 Å². The van der Waals surface area contributed by atoms with E-state index in [4.69, 9.17) is 9.47 Å². The van der Waals surface area contributed by atoms with Crippen molar-refractivity contribution >= 4 is 5.90 Å². The monoisotopic (exact) mass is 249 g/mol. The molecular formula is C15H23NO2. The Morgan fingerprint density at radius 3 is 2.33 bits per heavy atom. The van der Waals surface area contributed by atoms with Crippen LogP contribution in [0.25, 0.3) is 0 Å². The Labute approximate surface area is 110 Å². The number of ether oxygens (including phenoxy) is 2. The molecule has 0 atom stereocenters. The molecule has 3 nitrogen and oxygen atoms in total. The van der Waals surface area contributed by atoms with Gasteiger partial charge in [-0.25, -0.2) is 0 Å². The molecule has 0 bridgehead atoms. The molecule has 0 amide bonds. The van der Waals surface area contributed by atoms with Gasteiger partial charge in [0, 0.05) is 12.6 Å². The highest BCUT2D eigenvalue weighted by molar-refractivity contribution is 5.89. The Kier molecular flexibility index (Phi) is 8.37. The fourth-order valence-electron chi connectivity index (χ4n) is 1.34. The van der Waals surface area contributed by atoms with E-state index in [9.17, 15) is 0 Å². The van der Waals surface area contributed by atoms with Gasteiger partial charge in [-0.05, 0) is 32.1 Å². The number of rotatable bonds is 3. The number of nitrogens with zero attached hydrogens (tertiary/aromatic N) is 1. The maximum atomic E-state index is 5.66. The zero-order valence-electron chi connectivity index (χ0n) is 12.2. The number of benzene rings is 1. The number of aliphatic imine (C=N–C) groups is 1. The van der Waals surface area contributed by atoms with Gasteiger partial charge in [-0.1, -0.05) is 26.0 Å². The lowest BCUT2D eigenvalue weighted by atomic mass is 10.2. The van der Waals surface area contributed by atoms with Gasteiger partial charge in [0.1, 0.15) is 11.5 Å². The average Bonchev–Trinajstić information content (AvgIpc) is 2.42. The van der Waals surface area contributed by atoms with Crippen LogP contribution in [0.1, 0.15) is 26.3 Å². The first-order valence-electron chi connectivity index (χ1n) is 6.13. The quantitative estimate of drug-likeness (QED) is 0.598. The van der Waals surface area contributed by atoms with Crippen molar-refractivity contribution in [3.8, 4) is 11.5 Å². The van der Waals surface area contributed by atoms with Crippen LogP contribution in [0.3, 0.4) is 0 Å². The Morgan fingerprint density at radius 1 is 1.22 bits per heavy atom. The van der Waals surface area contributed by atoms with E-state index in [1.54, 1.807) is 14.2 Å². The number of allylic oxidation sites excluding steroid dienone is 1. The molecule has 0 saturated carbocycles. The van der Waals surface area contributed by atoms with E-state index in [0.29, 0.717) is 5.90 Å². The van der Waals surface area contributed by atoms with E-state index in [2.05, 4.69) is 4.99 Å². The van der Waals surface area contributed by atoms with E-state index >= 15 is 0 Å². The third-order valence-corrected chi connectivity index (χ3v) is 2.20. The molecule has 1 rings (SSSR count). The first-order valence-corrected chi connectivity index (χ1v) is 6.13. The molecule has 0 unspecified atom stereocenters. The number of methoxy groups -OCH3 is 1. The molecule has 1 aromatic carbocycles. The lowest BCUT2D eigenvalue weighted by molar-refractivity contribution is 0.408. The molecular weight excluding hydrogens is 226 g/mol. The molecule has 0 N–H and O–H groups in total. The summed E-state index contributed by atoms with van der Waals surface area (Å²) in [6, 6.07) is 5.69. The third-order valence-electron chi connectivity index (χ3n) is 2.20. The minimum Gasteiger partial charge on any atom is -0.496 e. The Hall–Kier alpha value is -1.77. The van der Waals surface area contributed by atoms with Crippen molar-refractivity contribution in [2.75, 3.05) is 14.2 Å². The molecule has 0 fully saturated rings. The van der Waals surface area contributed by atoms with Crippen LogP contribution in [0.15, 0.2) is 35.3 Å². The van der Waals surface area contributed by atoms with E-state index in [-0.39, 0.29) is 0 Å². The van der Waals surface area contributed by atoms with Gasteiger partial charge in [0.15, 0.2) is 0 Å². The highest BCUT2D eigenvalue weighted by Gasteiger charge is 2.06. The predicted molar refractivity (Wildman–Crippen MR) is 77.9 cm³/mol. The summed E-state index contributed by atoms with van der Waals surface area (Å²) >= 11 is 0. The van der Waals surface area contributed by atoms with Crippen LogP contribution in [0.2, 0.25) is 0 Å². The van der Waals surface area contributed by atoms with E-state index in [1.807, 2.05) is 58.0 Å². The maximum absolute atomic E-state index is 5.66. The molecule has 0 aliphatic heterocycles. The summed E-state index contributed by atoms with van der Waals surface area (Å²) in [5.41, 5.74) is 0.968. The summed E-state index contributed by atoms with van der Waals surface area (Å²) < 4.78 is 10.9. The molecule has 100 valence electrons. The standard InChI is InChI=1S/C13H17NO2.C2H6/c1-5-7-13(14-3)16-12-9-6-8-11(15-4)10(12)2;1-2/h5-9H,1-4H3;1-2H3/b7-5-,14-13?;. The molecule has 0 saturated heterocycles. The van der Waals surface area contributed by atoms with Gasteiger partial charge in [-0.3, -0.25) is 4.99 Å². The van der Waals surface area contributed by atoms with Crippen molar-refractivity contribution < 1.29 is 9.47 Å². The third kappa shape index (κ3) is 4.62. The van der Waals surface area contributed by atoms with Crippen LogP contribution in [0.4, 0.5) is 0 Å². The van der Waals surface area contributed by atoms with Gasteiger partial charge in [0.2, 0.25) is 5.90 Å². The fourth-order valence-corrected chi connectivity index (χ4v) is 1.34. The Balaban J connectivity index is 0.00000137. The van der Waals surface area contributed by atoms with Crippen molar-refractivity contribution in [3.05, 3.63) is 35.9 Å². The van der Waals surface area contributed by atoms with Gasteiger partial charge in [0.25, 0.3) is 0 Å². The molecule has 3 heteroatoms. The lowest BCUT2D eigenvalue weighted by Gasteiger charge is -2.10. The predicted octanol–water partition coefficient (Wildman–Crippen LogP) is 4.01. The largest absolute Gasteiger partial charge is 0.496 e. The second kappa shape index (κ2) is 9.28. The minimum atomic E-state index is 0.582. The summed E-state index contributed by atoms with van der Waals surface area (Å²) in [7, 11) is 3.34. The van der Waals surface area contributed by atoms with E-state index in [1.165, 1.54) is 0 Å². The summed E-state index contributed by atoms with van der Waals surface area (Å²) in [6.07, 6.45) is 3.71. The minimum absolute atomic E-state index is 0.582. The van der Waals surface area contributed by atoms with Gasteiger partial charge in [-0.2, -0.15) is 0 Å². The van der Waals surface area contributed by atoms with E-state index < -0.39 is 0 Å². The zero-order chi connectivity index (χ0) is 14.0. The van der Waals surface area contributed by atoms with Crippen LogP contribution in [0, 0.1) is 6.92 Å². The van der Waals surface area contributed by atoms with Gasteiger partial charge in [-0.15, -0.1) is 0 Å². The molecule has 0 aliphatic rings. The molecule has 0 spiro atoms. The molecule has 0 heterocycles. The van der Waals surface area contributed by atoms with Crippen molar-refractivity contribution in [2.24, 2.45) is 4.99 Å². The second-order valence-electron chi connectivity index (χ2n) is 3.25.